The van der Waals surface area contributed by atoms with Crippen molar-refractivity contribution in [2.75, 3.05) is 7.11 Å². The molecule has 2 atom stereocenters. The fourth-order valence-electron chi connectivity index (χ4n) is 2.64. The molecule has 160 valence electrons. The van der Waals surface area contributed by atoms with E-state index in [0.29, 0.717) is 29.7 Å². The Kier molecular flexibility index (Phi) is 9.78. The van der Waals surface area contributed by atoms with Crippen LogP contribution in [0.25, 0.3) is 6.08 Å². The first-order valence-electron chi connectivity index (χ1n) is 9.64. The van der Waals surface area contributed by atoms with Crippen LogP contribution in [0.15, 0.2) is 36.4 Å². The van der Waals surface area contributed by atoms with E-state index in [1.165, 1.54) is 13.0 Å². The summed E-state index contributed by atoms with van der Waals surface area (Å²) in [5.41, 5.74) is 1.08. The largest absolute Gasteiger partial charge is 0.497 e. The number of carbonyl (C=O) groups excluding carboxylic acids is 2. The van der Waals surface area contributed by atoms with Gasteiger partial charge in [-0.2, -0.15) is 0 Å². The summed E-state index contributed by atoms with van der Waals surface area (Å²) in [6.07, 6.45) is 7.30. The first-order valence-corrected chi connectivity index (χ1v) is 9.64. The zero-order valence-electron chi connectivity index (χ0n) is 18.1. The highest BCUT2D eigenvalue weighted by atomic mass is 16.6. The molecule has 0 saturated heterocycles. The first-order chi connectivity index (χ1) is 13.5. The van der Waals surface area contributed by atoms with Gasteiger partial charge < -0.3 is 19.3 Å². The van der Waals surface area contributed by atoms with Crippen molar-refractivity contribution in [3.05, 3.63) is 47.6 Å². The van der Waals surface area contributed by atoms with Crippen molar-refractivity contribution in [3.8, 4) is 5.75 Å². The monoisotopic (exact) mass is 404 g/mol. The number of ether oxygens (including phenoxy) is 3. The summed E-state index contributed by atoms with van der Waals surface area (Å²) in [6.45, 7) is 8.26. The van der Waals surface area contributed by atoms with Crippen LogP contribution in [0.3, 0.4) is 0 Å². The SMILES string of the molecule is COc1ccc(C(=O)O[C@@H](C)C/C=C\C(C)=O)c(/C=C/C[C@@H](C)OC(C)(C)O)c1. The average molecular weight is 405 g/mol. The predicted octanol–water partition coefficient (Wildman–Crippen LogP) is 4.31. The van der Waals surface area contributed by atoms with Crippen LogP contribution in [0, 0.1) is 0 Å². The van der Waals surface area contributed by atoms with E-state index in [2.05, 4.69) is 0 Å². The zero-order chi connectivity index (χ0) is 22.0. The van der Waals surface area contributed by atoms with Gasteiger partial charge in [0, 0.05) is 6.42 Å². The van der Waals surface area contributed by atoms with Gasteiger partial charge in [-0.15, -0.1) is 0 Å². The molecule has 1 aromatic rings. The molecule has 0 aromatic heterocycles. The van der Waals surface area contributed by atoms with E-state index in [1.807, 2.05) is 19.1 Å². The summed E-state index contributed by atoms with van der Waals surface area (Å²) >= 11 is 0. The third-order valence-electron chi connectivity index (χ3n) is 3.86. The molecule has 0 saturated carbocycles. The Morgan fingerprint density at radius 1 is 1.14 bits per heavy atom. The van der Waals surface area contributed by atoms with Crippen molar-refractivity contribution >= 4 is 17.8 Å². The van der Waals surface area contributed by atoms with Crippen molar-refractivity contribution in [1.29, 1.82) is 0 Å². The van der Waals surface area contributed by atoms with Gasteiger partial charge in [-0.1, -0.05) is 18.2 Å². The Balaban J connectivity index is 2.88. The second-order valence-electron chi connectivity index (χ2n) is 7.43. The van der Waals surface area contributed by atoms with E-state index in [4.69, 9.17) is 14.2 Å². The van der Waals surface area contributed by atoms with Crippen molar-refractivity contribution in [2.45, 2.75) is 65.5 Å². The smallest absolute Gasteiger partial charge is 0.339 e. The number of methoxy groups -OCH3 is 1. The molecule has 0 unspecified atom stereocenters. The molecule has 0 spiro atoms. The molecule has 0 amide bonds. The lowest BCUT2D eigenvalue weighted by Gasteiger charge is -2.22. The molecule has 0 aliphatic carbocycles. The van der Waals surface area contributed by atoms with Gasteiger partial charge >= 0.3 is 5.97 Å². The Bertz CT molecular complexity index is 742. The minimum absolute atomic E-state index is 0.0473. The van der Waals surface area contributed by atoms with E-state index >= 15 is 0 Å². The van der Waals surface area contributed by atoms with Gasteiger partial charge in [0.05, 0.1) is 18.8 Å². The number of carbonyl (C=O) groups is 2. The van der Waals surface area contributed by atoms with Crippen LogP contribution in [0.5, 0.6) is 5.75 Å². The standard InChI is InChI=1S/C23H32O6/c1-16(24)9-7-10-17(2)28-22(25)21-14-13-20(27-6)15-19(21)12-8-11-18(3)29-23(4,5)26/h7-9,12-15,17-18,26H,10-11H2,1-6H3/b9-7-,12-8+/t17-,18+/m0/s1. The molecule has 1 aromatic carbocycles. The molecule has 0 radical (unpaired) electrons. The van der Waals surface area contributed by atoms with Gasteiger partial charge in [-0.3, -0.25) is 4.79 Å². The molecular formula is C23H32O6. The van der Waals surface area contributed by atoms with Crippen LogP contribution >= 0.6 is 0 Å². The van der Waals surface area contributed by atoms with Gasteiger partial charge in [0.2, 0.25) is 0 Å². The second-order valence-corrected chi connectivity index (χ2v) is 7.43. The summed E-state index contributed by atoms with van der Waals surface area (Å²) in [5, 5.41) is 9.72. The first kappa shape index (κ1) is 24.6. The number of benzene rings is 1. The fraction of sp³-hybridized carbons (Fsp3) is 0.478. The summed E-state index contributed by atoms with van der Waals surface area (Å²) < 4.78 is 16.2. The number of hydrogen-bond donors (Lipinski definition) is 1. The third kappa shape index (κ3) is 10.1. The normalized spacial score (nSPS) is 14.2. The quantitative estimate of drug-likeness (QED) is 0.336. The molecule has 0 bridgehead atoms. The highest BCUT2D eigenvalue weighted by Gasteiger charge is 2.17. The van der Waals surface area contributed by atoms with Crippen LogP contribution in [0.1, 0.15) is 63.4 Å². The summed E-state index contributed by atoms with van der Waals surface area (Å²) in [5.74, 6) is -1.07. The minimum atomic E-state index is -1.20. The molecule has 29 heavy (non-hydrogen) atoms. The molecule has 0 aliphatic heterocycles. The zero-order valence-corrected chi connectivity index (χ0v) is 18.1. The van der Waals surface area contributed by atoms with Crippen LogP contribution in [0.2, 0.25) is 0 Å². The summed E-state index contributed by atoms with van der Waals surface area (Å²) in [7, 11) is 1.56. The van der Waals surface area contributed by atoms with Gasteiger partial charge in [-0.25, -0.2) is 4.79 Å². The maximum absolute atomic E-state index is 12.6. The van der Waals surface area contributed by atoms with E-state index in [1.54, 1.807) is 52.2 Å². The van der Waals surface area contributed by atoms with E-state index in [0.717, 1.165) is 0 Å². The number of esters is 1. The summed E-state index contributed by atoms with van der Waals surface area (Å²) in [4.78, 5) is 23.6. The lowest BCUT2D eigenvalue weighted by molar-refractivity contribution is -0.200. The Morgan fingerprint density at radius 2 is 1.79 bits per heavy atom. The Morgan fingerprint density at radius 3 is 2.38 bits per heavy atom. The van der Waals surface area contributed by atoms with Gasteiger partial charge in [0.25, 0.3) is 0 Å². The van der Waals surface area contributed by atoms with Gasteiger partial charge in [-0.05, 0) is 70.9 Å². The van der Waals surface area contributed by atoms with Crippen molar-refractivity contribution in [2.24, 2.45) is 0 Å². The summed E-state index contributed by atoms with van der Waals surface area (Å²) in [6, 6.07) is 5.12. The van der Waals surface area contributed by atoms with E-state index < -0.39 is 11.8 Å². The Hall–Kier alpha value is -2.44. The lowest BCUT2D eigenvalue weighted by Crippen LogP contribution is -2.28. The Labute approximate surface area is 173 Å². The highest BCUT2D eigenvalue weighted by Crippen LogP contribution is 2.21. The van der Waals surface area contributed by atoms with E-state index in [-0.39, 0.29) is 18.0 Å². The molecular weight excluding hydrogens is 372 g/mol. The topological polar surface area (TPSA) is 82.1 Å². The molecule has 0 aliphatic rings. The fourth-order valence-corrected chi connectivity index (χ4v) is 2.64. The van der Waals surface area contributed by atoms with E-state index in [9.17, 15) is 14.7 Å². The average Bonchev–Trinajstić information content (AvgIpc) is 2.59. The maximum Gasteiger partial charge on any atom is 0.339 e. The maximum atomic E-state index is 12.6. The minimum Gasteiger partial charge on any atom is -0.497 e. The second kappa shape index (κ2) is 11.5. The number of hydrogen-bond acceptors (Lipinski definition) is 6. The lowest BCUT2D eigenvalue weighted by atomic mass is 10.1. The van der Waals surface area contributed by atoms with Crippen LogP contribution in [0.4, 0.5) is 0 Å². The molecule has 1 rings (SSSR count). The van der Waals surface area contributed by atoms with Gasteiger partial charge in [0.1, 0.15) is 11.9 Å². The van der Waals surface area contributed by atoms with Gasteiger partial charge in [0.15, 0.2) is 11.6 Å². The van der Waals surface area contributed by atoms with Crippen LogP contribution < -0.4 is 4.74 Å². The number of ketones is 1. The predicted molar refractivity (Wildman–Crippen MR) is 113 cm³/mol. The molecule has 1 N–H and O–H groups in total. The number of allylic oxidation sites excluding steroid dienone is 1. The number of aliphatic hydroxyl groups is 1. The molecule has 0 heterocycles. The number of rotatable bonds is 11. The third-order valence-corrected chi connectivity index (χ3v) is 3.86. The van der Waals surface area contributed by atoms with Crippen molar-refractivity contribution < 1.29 is 28.9 Å². The van der Waals surface area contributed by atoms with Crippen LogP contribution in [-0.4, -0.2) is 42.0 Å². The highest BCUT2D eigenvalue weighted by molar-refractivity contribution is 5.94. The van der Waals surface area contributed by atoms with Crippen LogP contribution in [-0.2, 0) is 14.3 Å². The van der Waals surface area contributed by atoms with Crippen molar-refractivity contribution in [3.63, 3.8) is 0 Å². The molecule has 6 nitrogen and oxygen atoms in total. The molecule has 6 heteroatoms. The van der Waals surface area contributed by atoms with Crippen molar-refractivity contribution in [1.82, 2.24) is 0 Å². The molecule has 0 fully saturated rings.